The molecular weight excluding hydrogens is 515 g/mol. The van der Waals surface area contributed by atoms with Crippen molar-refractivity contribution in [1.29, 1.82) is 0 Å². The Kier molecular flexibility index (Phi) is 9.96. The van der Waals surface area contributed by atoms with Crippen LogP contribution in [0.25, 0.3) is 0 Å². The summed E-state index contributed by atoms with van der Waals surface area (Å²) in [4.78, 5) is 18.1. The molecule has 2 aromatic carbocycles. The highest BCUT2D eigenvalue weighted by Crippen LogP contribution is 2.21. The first-order valence-electron chi connectivity index (χ1n) is 10.9. The standard InChI is InChI=1S/C25H34N4O2.HI/c1-25(2,3)31-18-21-8-5-7-20(15-21)17-28-24(26-4)27-16-19-10-12-22(13-11-19)29-14-6-9-23(29)30;/h5,7-8,10-13,15H,6,9,14,16-18H2,1-4H3,(H2,26,27,28);1H. The molecule has 32 heavy (non-hydrogen) atoms. The fourth-order valence-electron chi connectivity index (χ4n) is 3.44. The summed E-state index contributed by atoms with van der Waals surface area (Å²) in [5, 5.41) is 6.71. The molecular formula is C25H35IN4O2. The van der Waals surface area contributed by atoms with Crippen molar-refractivity contribution in [2.75, 3.05) is 18.5 Å². The van der Waals surface area contributed by atoms with Crippen LogP contribution in [-0.4, -0.2) is 31.1 Å². The maximum atomic E-state index is 11.9. The Morgan fingerprint density at radius 1 is 1.03 bits per heavy atom. The first-order valence-corrected chi connectivity index (χ1v) is 10.9. The smallest absolute Gasteiger partial charge is 0.227 e. The van der Waals surface area contributed by atoms with E-state index in [4.69, 9.17) is 4.74 Å². The Bertz CT molecular complexity index is 907. The number of nitrogens with one attached hydrogen (secondary N) is 2. The van der Waals surface area contributed by atoms with Crippen molar-refractivity contribution in [2.45, 2.75) is 58.9 Å². The Balaban J connectivity index is 0.00000363. The van der Waals surface area contributed by atoms with Crippen molar-refractivity contribution < 1.29 is 9.53 Å². The average Bonchev–Trinajstić information content (AvgIpc) is 3.18. The normalized spacial score (nSPS) is 14.3. The monoisotopic (exact) mass is 550 g/mol. The van der Waals surface area contributed by atoms with Gasteiger partial charge >= 0.3 is 0 Å². The number of halogens is 1. The second-order valence-electron chi connectivity index (χ2n) is 8.82. The summed E-state index contributed by atoms with van der Waals surface area (Å²) in [6.45, 7) is 8.95. The summed E-state index contributed by atoms with van der Waals surface area (Å²) >= 11 is 0. The molecule has 1 fully saturated rings. The van der Waals surface area contributed by atoms with Crippen LogP contribution in [0.1, 0.15) is 50.3 Å². The van der Waals surface area contributed by atoms with Gasteiger partial charge < -0.3 is 20.3 Å². The first-order chi connectivity index (χ1) is 14.8. The van der Waals surface area contributed by atoms with Gasteiger partial charge in [-0.05, 0) is 56.0 Å². The minimum absolute atomic E-state index is 0. The first kappa shape index (κ1) is 26.1. The van der Waals surface area contributed by atoms with Crippen molar-refractivity contribution >= 4 is 41.5 Å². The third-order valence-corrected chi connectivity index (χ3v) is 5.13. The number of amides is 1. The summed E-state index contributed by atoms with van der Waals surface area (Å²) in [7, 11) is 1.77. The molecule has 0 aliphatic carbocycles. The summed E-state index contributed by atoms with van der Waals surface area (Å²) in [5.74, 6) is 0.958. The molecule has 0 bridgehead atoms. The zero-order chi connectivity index (χ0) is 22.3. The van der Waals surface area contributed by atoms with Gasteiger partial charge in [0.15, 0.2) is 5.96 Å². The lowest BCUT2D eigenvalue weighted by molar-refractivity contribution is -0.117. The summed E-state index contributed by atoms with van der Waals surface area (Å²) in [6.07, 6.45) is 1.59. The molecule has 0 aromatic heterocycles. The van der Waals surface area contributed by atoms with E-state index in [9.17, 15) is 4.79 Å². The maximum Gasteiger partial charge on any atom is 0.227 e. The number of anilines is 1. The van der Waals surface area contributed by atoms with E-state index in [1.54, 1.807) is 7.05 Å². The topological polar surface area (TPSA) is 66.0 Å². The molecule has 0 spiro atoms. The lowest BCUT2D eigenvalue weighted by atomic mass is 10.1. The number of benzene rings is 2. The summed E-state index contributed by atoms with van der Waals surface area (Å²) < 4.78 is 5.87. The third-order valence-electron chi connectivity index (χ3n) is 5.13. The second kappa shape index (κ2) is 12.2. The predicted octanol–water partition coefficient (Wildman–Crippen LogP) is 4.61. The molecule has 1 saturated heterocycles. The number of guanidine groups is 1. The van der Waals surface area contributed by atoms with Crippen molar-refractivity contribution in [2.24, 2.45) is 4.99 Å². The number of hydrogen-bond donors (Lipinski definition) is 2. The SMILES string of the molecule is CN=C(NCc1ccc(N2CCCC2=O)cc1)NCc1cccc(COC(C)(C)C)c1.I. The Hall–Kier alpha value is -2.13. The minimum Gasteiger partial charge on any atom is -0.371 e. The molecule has 1 heterocycles. The van der Waals surface area contributed by atoms with Gasteiger partial charge in [0, 0.05) is 38.8 Å². The average molecular weight is 550 g/mol. The van der Waals surface area contributed by atoms with Gasteiger partial charge in [-0.3, -0.25) is 9.79 Å². The largest absolute Gasteiger partial charge is 0.371 e. The third kappa shape index (κ3) is 8.09. The quantitative estimate of drug-likeness (QED) is 0.300. The van der Waals surface area contributed by atoms with E-state index in [1.165, 1.54) is 5.56 Å². The van der Waals surface area contributed by atoms with E-state index < -0.39 is 0 Å². The molecule has 1 amide bonds. The van der Waals surface area contributed by atoms with Gasteiger partial charge in [0.05, 0.1) is 12.2 Å². The molecule has 0 atom stereocenters. The number of rotatable bonds is 7. The van der Waals surface area contributed by atoms with Crippen LogP contribution >= 0.6 is 24.0 Å². The molecule has 0 radical (unpaired) electrons. The molecule has 7 heteroatoms. The van der Waals surface area contributed by atoms with Crippen LogP contribution < -0.4 is 15.5 Å². The number of aliphatic imine (C=N–C) groups is 1. The number of carbonyl (C=O) groups is 1. The summed E-state index contributed by atoms with van der Waals surface area (Å²) in [6, 6.07) is 16.5. The highest BCUT2D eigenvalue weighted by molar-refractivity contribution is 14.0. The molecule has 0 saturated carbocycles. The van der Waals surface area contributed by atoms with E-state index in [1.807, 2.05) is 17.0 Å². The molecule has 1 aliphatic heterocycles. The van der Waals surface area contributed by atoms with Gasteiger partial charge in [0.2, 0.25) is 5.91 Å². The van der Waals surface area contributed by atoms with Crippen molar-refractivity contribution in [1.82, 2.24) is 10.6 Å². The Morgan fingerprint density at radius 3 is 2.28 bits per heavy atom. The number of nitrogens with zero attached hydrogens (tertiary/aromatic N) is 2. The van der Waals surface area contributed by atoms with Crippen molar-refractivity contribution in [3.05, 3.63) is 65.2 Å². The van der Waals surface area contributed by atoms with Gasteiger partial charge in [-0.25, -0.2) is 0 Å². The van der Waals surface area contributed by atoms with E-state index >= 15 is 0 Å². The maximum absolute atomic E-state index is 11.9. The van der Waals surface area contributed by atoms with E-state index in [0.717, 1.165) is 35.7 Å². The molecule has 2 aromatic rings. The molecule has 0 unspecified atom stereocenters. The summed E-state index contributed by atoms with van der Waals surface area (Å²) in [5.41, 5.74) is 4.30. The Labute approximate surface area is 208 Å². The van der Waals surface area contributed by atoms with Gasteiger partial charge in [-0.1, -0.05) is 36.4 Å². The number of hydrogen-bond acceptors (Lipinski definition) is 3. The van der Waals surface area contributed by atoms with Crippen molar-refractivity contribution in [3.63, 3.8) is 0 Å². The predicted molar refractivity (Wildman–Crippen MR) is 141 cm³/mol. The molecule has 1 aliphatic rings. The van der Waals surface area contributed by atoms with Gasteiger partial charge in [0.1, 0.15) is 0 Å². The second-order valence-corrected chi connectivity index (χ2v) is 8.82. The zero-order valence-electron chi connectivity index (χ0n) is 19.5. The van der Waals surface area contributed by atoms with Crippen LogP contribution in [0.5, 0.6) is 0 Å². The lowest BCUT2D eigenvalue weighted by Crippen LogP contribution is -2.36. The van der Waals surface area contributed by atoms with Crippen molar-refractivity contribution in [3.8, 4) is 0 Å². The number of ether oxygens (including phenoxy) is 1. The van der Waals surface area contributed by atoms with Gasteiger partial charge in [0.25, 0.3) is 0 Å². The van der Waals surface area contributed by atoms with Gasteiger partial charge in [-0.15, -0.1) is 24.0 Å². The highest BCUT2D eigenvalue weighted by atomic mass is 127. The van der Waals surface area contributed by atoms with Crippen LogP contribution in [0.3, 0.4) is 0 Å². The van der Waals surface area contributed by atoms with Crippen LogP contribution in [0.4, 0.5) is 5.69 Å². The van der Waals surface area contributed by atoms with Crippen LogP contribution in [-0.2, 0) is 29.2 Å². The fraction of sp³-hybridized carbons (Fsp3) is 0.440. The minimum atomic E-state index is -0.150. The van der Waals surface area contributed by atoms with Crippen LogP contribution in [0.15, 0.2) is 53.5 Å². The van der Waals surface area contributed by atoms with Gasteiger partial charge in [-0.2, -0.15) is 0 Å². The fourth-order valence-corrected chi connectivity index (χ4v) is 3.44. The Morgan fingerprint density at radius 2 is 1.69 bits per heavy atom. The van der Waals surface area contributed by atoms with E-state index in [-0.39, 0.29) is 35.5 Å². The van der Waals surface area contributed by atoms with E-state index in [2.05, 4.69) is 72.8 Å². The molecule has 3 rings (SSSR count). The molecule has 2 N–H and O–H groups in total. The lowest BCUT2D eigenvalue weighted by Gasteiger charge is -2.20. The van der Waals surface area contributed by atoms with Crippen LogP contribution in [0, 0.1) is 0 Å². The highest BCUT2D eigenvalue weighted by Gasteiger charge is 2.21. The molecule has 174 valence electrons. The molecule has 6 nitrogen and oxygen atoms in total. The van der Waals surface area contributed by atoms with Crippen LogP contribution in [0.2, 0.25) is 0 Å². The van der Waals surface area contributed by atoms with E-state index in [0.29, 0.717) is 26.1 Å². The zero-order valence-corrected chi connectivity index (χ0v) is 21.8. The number of carbonyl (C=O) groups excluding carboxylic acids is 1.